The normalized spacial score (nSPS) is 12.2. The lowest BCUT2D eigenvalue weighted by Crippen LogP contribution is -2.43. The molecule has 0 aliphatic carbocycles. The zero-order valence-corrected chi connectivity index (χ0v) is 11.9. The van der Waals surface area contributed by atoms with Crippen LogP contribution < -0.4 is 0 Å². The quantitative estimate of drug-likeness (QED) is 0.877. The van der Waals surface area contributed by atoms with Gasteiger partial charge in [-0.25, -0.2) is 4.79 Å². The van der Waals surface area contributed by atoms with Crippen LogP contribution in [0.4, 0.5) is 0 Å². The van der Waals surface area contributed by atoms with Gasteiger partial charge in [0.25, 0.3) is 0 Å². The van der Waals surface area contributed by atoms with E-state index in [0.717, 1.165) is 5.39 Å². The lowest BCUT2D eigenvalue weighted by Gasteiger charge is -2.33. The van der Waals surface area contributed by atoms with Crippen LogP contribution in [0.15, 0.2) is 28.7 Å². The maximum Gasteiger partial charge on any atom is 0.372 e. The van der Waals surface area contributed by atoms with E-state index >= 15 is 0 Å². The van der Waals surface area contributed by atoms with E-state index in [2.05, 4.69) is 0 Å². The summed E-state index contributed by atoms with van der Waals surface area (Å²) in [6, 6.07) is 7.26. The van der Waals surface area contributed by atoms with Gasteiger partial charge in [-0.1, -0.05) is 18.2 Å². The summed E-state index contributed by atoms with van der Waals surface area (Å²) < 4.78 is 5.42. The molecule has 0 unspecified atom stereocenters. The average molecular weight is 277 g/mol. The van der Waals surface area contributed by atoms with Gasteiger partial charge < -0.3 is 14.6 Å². The summed E-state index contributed by atoms with van der Waals surface area (Å²) in [6.07, 6.45) is 0. The van der Waals surface area contributed by atoms with Crippen molar-refractivity contribution in [2.24, 2.45) is 0 Å². The highest BCUT2D eigenvalue weighted by Crippen LogP contribution is 2.28. The minimum Gasteiger partial charge on any atom is -0.475 e. The van der Waals surface area contributed by atoms with Crippen molar-refractivity contribution in [3.8, 4) is 0 Å². The molecule has 0 atom stereocenters. The topological polar surface area (TPSA) is 73.9 Å². The molecule has 2 rings (SSSR count). The molecule has 108 valence electrons. The van der Waals surface area contributed by atoms with Gasteiger partial charge in [0.05, 0.1) is 6.61 Å². The molecule has 0 amide bonds. The maximum atomic E-state index is 11.3. The fourth-order valence-electron chi connectivity index (χ4n) is 2.00. The van der Waals surface area contributed by atoms with E-state index < -0.39 is 11.5 Å². The Morgan fingerprint density at radius 1 is 1.35 bits per heavy atom. The zero-order chi connectivity index (χ0) is 14.9. The van der Waals surface area contributed by atoms with E-state index in [1.54, 1.807) is 6.07 Å². The molecule has 5 heteroatoms. The highest BCUT2D eigenvalue weighted by molar-refractivity contribution is 5.95. The molecule has 0 radical (unpaired) electrons. The van der Waals surface area contributed by atoms with Gasteiger partial charge in [-0.3, -0.25) is 4.90 Å². The van der Waals surface area contributed by atoms with Crippen molar-refractivity contribution in [2.75, 3.05) is 13.7 Å². The number of carbonyl (C=O) groups is 1. The number of aromatic carboxylic acids is 1. The number of hydrogen-bond acceptors (Lipinski definition) is 4. The molecule has 5 nitrogen and oxygen atoms in total. The van der Waals surface area contributed by atoms with Gasteiger partial charge in [0.1, 0.15) is 5.58 Å². The minimum absolute atomic E-state index is 0.0122. The molecule has 0 fully saturated rings. The number of benzene rings is 1. The fraction of sp³-hybridized carbons (Fsp3) is 0.400. The lowest BCUT2D eigenvalue weighted by molar-refractivity contribution is 0.0639. The Labute approximate surface area is 117 Å². The zero-order valence-electron chi connectivity index (χ0n) is 11.9. The van der Waals surface area contributed by atoms with Crippen molar-refractivity contribution in [1.29, 1.82) is 0 Å². The van der Waals surface area contributed by atoms with Crippen LogP contribution in [0, 0.1) is 0 Å². The van der Waals surface area contributed by atoms with Gasteiger partial charge in [-0.15, -0.1) is 0 Å². The first kappa shape index (κ1) is 14.6. The summed E-state index contributed by atoms with van der Waals surface area (Å²) in [4.78, 5) is 13.2. The number of aliphatic hydroxyl groups excluding tert-OH is 1. The average Bonchev–Trinajstić information content (AvgIpc) is 2.78. The van der Waals surface area contributed by atoms with Crippen LogP contribution in [0.5, 0.6) is 0 Å². The summed E-state index contributed by atoms with van der Waals surface area (Å²) in [5, 5.41) is 19.5. The molecule has 2 aromatic rings. The van der Waals surface area contributed by atoms with Gasteiger partial charge in [-0.05, 0) is 27.0 Å². The SMILES string of the molecule is CN(Cc1c(C(=O)O)oc2ccccc12)C(C)(C)CO. The monoisotopic (exact) mass is 277 g/mol. The summed E-state index contributed by atoms with van der Waals surface area (Å²) in [5.74, 6) is -1.11. The number of nitrogens with zero attached hydrogens (tertiary/aromatic N) is 1. The van der Waals surface area contributed by atoms with Crippen molar-refractivity contribution in [3.05, 3.63) is 35.6 Å². The molecule has 0 saturated carbocycles. The molecule has 0 aliphatic heterocycles. The van der Waals surface area contributed by atoms with Crippen molar-refractivity contribution in [1.82, 2.24) is 4.90 Å². The molecule has 0 saturated heterocycles. The summed E-state index contributed by atoms with van der Waals surface area (Å²) in [7, 11) is 1.85. The highest BCUT2D eigenvalue weighted by atomic mass is 16.4. The molecule has 0 aliphatic rings. The van der Waals surface area contributed by atoms with Gasteiger partial charge in [-0.2, -0.15) is 0 Å². The lowest BCUT2D eigenvalue weighted by atomic mass is 10.0. The van der Waals surface area contributed by atoms with Gasteiger partial charge in [0.2, 0.25) is 5.76 Å². The third-order valence-corrected chi connectivity index (χ3v) is 3.71. The largest absolute Gasteiger partial charge is 0.475 e. The Hall–Kier alpha value is -1.85. The predicted molar refractivity (Wildman–Crippen MR) is 75.8 cm³/mol. The van der Waals surface area contributed by atoms with Crippen LogP contribution >= 0.6 is 0 Å². The van der Waals surface area contributed by atoms with Crippen molar-refractivity contribution in [2.45, 2.75) is 25.9 Å². The van der Waals surface area contributed by atoms with E-state index in [1.807, 2.05) is 44.0 Å². The summed E-state index contributed by atoms with van der Waals surface area (Å²) >= 11 is 0. The number of rotatable bonds is 5. The molecule has 2 N–H and O–H groups in total. The molecular weight excluding hydrogens is 258 g/mol. The van der Waals surface area contributed by atoms with Gasteiger partial charge in [0, 0.05) is 23.0 Å². The van der Waals surface area contributed by atoms with E-state index in [9.17, 15) is 15.0 Å². The highest BCUT2D eigenvalue weighted by Gasteiger charge is 2.27. The standard InChI is InChI=1S/C15H19NO4/c1-15(2,9-17)16(3)8-11-10-6-4-5-7-12(10)20-13(11)14(18)19/h4-7,17H,8-9H2,1-3H3,(H,18,19). The molecule has 1 heterocycles. The van der Waals surface area contributed by atoms with E-state index in [-0.39, 0.29) is 12.4 Å². The second kappa shape index (κ2) is 5.26. The van der Waals surface area contributed by atoms with Crippen LogP contribution in [0.2, 0.25) is 0 Å². The molecule has 1 aromatic heterocycles. The smallest absolute Gasteiger partial charge is 0.372 e. The van der Waals surface area contributed by atoms with Gasteiger partial charge >= 0.3 is 5.97 Å². The Bertz CT molecular complexity index is 630. The number of para-hydroxylation sites is 1. The van der Waals surface area contributed by atoms with E-state index in [1.165, 1.54) is 0 Å². The van der Waals surface area contributed by atoms with Crippen molar-refractivity contribution < 1.29 is 19.4 Å². The Morgan fingerprint density at radius 2 is 2.00 bits per heavy atom. The number of furan rings is 1. The molecule has 20 heavy (non-hydrogen) atoms. The Balaban J connectivity index is 2.47. The molecule has 1 aromatic carbocycles. The van der Waals surface area contributed by atoms with Crippen molar-refractivity contribution in [3.63, 3.8) is 0 Å². The first-order valence-electron chi connectivity index (χ1n) is 6.42. The number of carboxylic acids is 1. The molecule has 0 spiro atoms. The number of fused-ring (bicyclic) bond motifs is 1. The third-order valence-electron chi connectivity index (χ3n) is 3.71. The second-order valence-electron chi connectivity index (χ2n) is 5.54. The number of carboxylic acid groups (broad SMARTS) is 1. The fourth-order valence-corrected chi connectivity index (χ4v) is 2.00. The van der Waals surface area contributed by atoms with Gasteiger partial charge in [0.15, 0.2) is 0 Å². The Morgan fingerprint density at radius 3 is 2.60 bits per heavy atom. The minimum atomic E-state index is -1.08. The maximum absolute atomic E-state index is 11.3. The molecule has 0 bridgehead atoms. The summed E-state index contributed by atoms with van der Waals surface area (Å²) in [5.41, 5.74) is 0.765. The van der Waals surface area contributed by atoms with Crippen LogP contribution in [0.1, 0.15) is 30.0 Å². The number of aliphatic hydroxyl groups is 1. The van der Waals surface area contributed by atoms with E-state index in [4.69, 9.17) is 4.42 Å². The van der Waals surface area contributed by atoms with Crippen LogP contribution in [-0.2, 0) is 6.54 Å². The third kappa shape index (κ3) is 2.55. The van der Waals surface area contributed by atoms with Crippen LogP contribution in [0.3, 0.4) is 0 Å². The second-order valence-corrected chi connectivity index (χ2v) is 5.54. The van der Waals surface area contributed by atoms with Crippen LogP contribution in [0.25, 0.3) is 11.0 Å². The van der Waals surface area contributed by atoms with Crippen LogP contribution in [-0.4, -0.2) is 40.3 Å². The number of hydrogen-bond donors (Lipinski definition) is 2. The first-order chi connectivity index (χ1) is 9.36. The molecular formula is C15H19NO4. The van der Waals surface area contributed by atoms with Crippen molar-refractivity contribution >= 4 is 16.9 Å². The summed E-state index contributed by atoms with van der Waals surface area (Å²) in [6.45, 7) is 4.18. The number of likely N-dealkylation sites (N-methyl/N-ethyl adjacent to an activating group) is 1. The van der Waals surface area contributed by atoms with E-state index in [0.29, 0.717) is 17.7 Å². The Kier molecular flexibility index (Phi) is 3.83. The first-order valence-corrected chi connectivity index (χ1v) is 6.42. The predicted octanol–water partition coefficient (Wildman–Crippen LogP) is 2.33.